The van der Waals surface area contributed by atoms with E-state index in [-0.39, 0.29) is 19.5 Å². The van der Waals surface area contributed by atoms with Crippen LogP contribution in [-0.4, -0.2) is 6.61 Å². The Balaban J connectivity index is 0.000000405. The Morgan fingerprint density at radius 3 is 2.56 bits per heavy atom. The minimum atomic E-state index is 0. The van der Waals surface area contributed by atoms with Crippen molar-refractivity contribution in [2.24, 2.45) is 5.92 Å². The van der Waals surface area contributed by atoms with Gasteiger partial charge in [-0.1, -0.05) is 19.3 Å². The topological polar surface area (TPSA) is 9.23 Å². The van der Waals surface area contributed by atoms with E-state index in [0.717, 1.165) is 12.5 Å². The summed E-state index contributed by atoms with van der Waals surface area (Å²) < 4.78 is 5.39. The van der Waals surface area contributed by atoms with Crippen LogP contribution in [-0.2, 0) is 24.2 Å². The van der Waals surface area contributed by atoms with Crippen molar-refractivity contribution >= 4 is 0 Å². The zero-order valence-corrected chi connectivity index (χ0v) is 8.70. The van der Waals surface area contributed by atoms with Crippen molar-refractivity contribution in [1.29, 1.82) is 0 Å². The fourth-order valence-corrected chi connectivity index (χ4v) is 1.25. The molecular weight excluding hydrogens is 165 g/mol. The molecule has 9 heavy (non-hydrogen) atoms. The third-order valence-electron chi connectivity index (χ3n) is 1.89. The molecule has 1 aliphatic heterocycles. The maximum atomic E-state index is 5.39. The summed E-state index contributed by atoms with van der Waals surface area (Å²) in [5.74, 6) is 0.887. The third kappa shape index (κ3) is 1.75. The molecule has 0 N–H and O–H groups in total. The first-order chi connectivity index (χ1) is 3.97. The van der Waals surface area contributed by atoms with Crippen molar-refractivity contribution in [3.05, 3.63) is 6.10 Å². The first-order valence-electron chi connectivity index (χ1n) is 3.45. The molecule has 1 saturated heterocycles. The second kappa shape index (κ2) is 3.12. The van der Waals surface area contributed by atoms with Gasteiger partial charge in [-0.2, -0.15) is 12.5 Å². The molecule has 48 valence electrons. The van der Waals surface area contributed by atoms with Crippen LogP contribution in [0.2, 0.25) is 0 Å². The monoisotopic (exact) mass is 175 g/mol. The second-order valence-corrected chi connectivity index (χ2v) is 2.69. The molecule has 0 aromatic carbocycles. The summed E-state index contributed by atoms with van der Waals surface area (Å²) >= 11 is 0. The fraction of sp³-hybridized carbons (Fsp3) is 0.857. The largest absolute Gasteiger partial charge is 0.549 e. The van der Waals surface area contributed by atoms with Gasteiger partial charge in [0.2, 0.25) is 0 Å². The van der Waals surface area contributed by atoms with Crippen LogP contribution in [0.5, 0.6) is 0 Å². The van der Waals surface area contributed by atoms with Gasteiger partial charge in [-0.25, -0.2) is 0 Å². The molecule has 1 nitrogen and oxygen atoms in total. The van der Waals surface area contributed by atoms with Crippen LogP contribution in [0.4, 0.5) is 0 Å². The molecule has 0 aromatic heterocycles. The van der Waals surface area contributed by atoms with Crippen LogP contribution in [0.15, 0.2) is 0 Å². The van der Waals surface area contributed by atoms with E-state index in [1.165, 1.54) is 31.8 Å². The van der Waals surface area contributed by atoms with Crippen molar-refractivity contribution in [3.63, 3.8) is 0 Å². The normalized spacial score (nSPS) is 28.0. The molecule has 0 aromatic rings. The predicted molar refractivity (Wildman–Crippen MR) is 31.2 cm³/mol. The number of hydrogen-bond donors (Lipinski definition) is 0. The summed E-state index contributed by atoms with van der Waals surface area (Å²) in [6.45, 7) is 0.992. The summed E-state index contributed by atoms with van der Waals surface area (Å²) in [5.41, 5.74) is 0. The van der Waals surface area contributed by atoms with E-state index in [0.29, 0.717) is 0 Å². The van der Waals surface area contributed by atoms with Crippen LogP contribution < -0.4 is 0 Å². The smallest absolute Gasteiger partial charge is 0.00902 e. The molecule has 0 amide bonds. The van der Waals surface area contributed by atoms with Gasteiger partial charge < -0.3 is 4.74 Å². The standard InChI is InChI=1S/C7H11O.Zn/c1-2-7(8-5-1)6-3-4-6;/h6H,1-5H2;/q-1;. The molecule has 2 heteroatoms. The molecule has 1 saturated carbocycles. The third-order valence-corrected chi connectivity index (χ3v) is 1.89. The van der Waals surface area contributed by atoms with Crippen molar-refractivity contribution in [1.82, 2.24) is 0 Å². The Bertz CT molecular complexity index is 84.9. The van der Waals surface area contributed by atoms with Gasteiger partial charge in [-0.3, -0.25) is 0 Å². The molecule has 2 fully saturated rings. The quantitative estimate of drug-likeness (QED) is 0.437. The molecule has 0 bridgehead atoms. The van der Waals surface area contributed by atoms with Gasteiger partial charge in [0, 0.05) is 26.1 Å². The van der Waals surface area contributed by atoms with E-state index < -0.39 is 0 Å². The maximum Gasteiger partial charge on any atom is 0.00902 e. The van der Waals surface area contributed by atoms with Crippen molar-refractivity contribution < 1.29 is 24.2 Å². The summed E-state index contributed by atoms with van der Waals surface area (Å²) in [5, 5.41) is 0. The number of ether oxygens (including phenoxy) is 1. The minimum Gasteiger partial charge on any atom is -0.549 e. The average molecular weight is 177 g/mol. The molecule has 0 radical (unpaired) electrons. The van der Waals surface area contributed by atoms with E-state index in [4.69, 9.17) is 4.74 Å². The molecule has 0 atom stereocenters. The van der Waals surface area contributed by atoms with Gasteiger partial charge in [-0.15, -0.1) is 5.92 Å². The molecule has 1 aliphatic carbocycles. The summed E-state index contributed by atoms with van der Waals surface area (Å²) in [6, 6.07) is 0. The SMILES string of the molecule is C1CO[C-](C2CC2)C1.[Zn]. The fourth-order valence-electron chi connectivity index (χ4n) is 1.25. The van der Waals surface area contributed by atoms with Gasteiger partial charge >= 0.3 is 0 Å². The van der Waals surface area contributed by atoms with Crippen LogP contribution in [0, 0.1) is 12.0 Å². The summed E-state index contributed by atoms with van der Waals surface area (Å²) in [6.07, 6.45) is 6.73. The van der Waals surface area contributed by atoms with E-state index in [1.54, 1.807) is 0 Å². The molecule has 0 spiro atoms. The first kappa shape index (κ1) is 7.69. The van der Waals surface area contributed by atoms with Gasteiger partial charge in [0.25, 0.3) is 0 Å². The predicted octanol–water partition coefficient (Wildman–Crippen LogP) is 1.74. The average Bonchev–Trinajstić information content (AvgIpc) is 2.49. The summed E-state index contributed by atoms with van der Waals surface area (Å²) in [4.78, 5) is 0. The van der Waals surface area contributed by atoms with Crippen LogP contribution in [0.1, 0.15) is 25.7 Å². The molecule has 1 heterocycles. The molecule has 2 aliphatic rings. The molecule has 0 unspecified atom stereocenters. The number of rotatable bonds is 1. The Morgan fingerprint density at radius 1 is 1.33 bits per heavy atom. The zero-order valence-electron chi connectivity index (χ0n) is 5.73. The summed E-state index contributed by atoms with van der Waals surface area (Å²) in [7, 11) is 0. The van der Waals surface area contributed by atoms with E-state index in [1.807, 2.05) is 0 Å². The van der Waals surface area contributed by atoms with Crippen molar-refractivity contribution in [2.45, 2.75) is 25.7 Å². The van der Waals surface area contributed by atoms with E-state index in [9.17, 15) is 0 Å². The van der Waals surface area contributed by atoms with Gasteiger partial charge in [-0.05, 0) is 0 Å². The van der Waals surface area contributed by atoms with Gasteiger partial charge in [0.05, 0.1) is 0 Å². The van der Waals surface area contributed by atoms with E-state index in [2.05, 4.69) is 0 Å². The minimum absolute atomic E-state index is 0. The maximum absolute atomic E-state index is 5.39. The van der Waals surface area contributed by atoms with Gasteiger partial charge in [0.1, 0.15) is 0 Å². The Kier molecular flexibility index (Phi) is 2.66. The van der Waals surface area contributed by atoms with Crippen LogP contribution in [0.3, 0.4) is 0 Å². The van der Waals surface area contributed by atoms with Crippen LogP contribution >= 0.6 is 0 Å². The Morgan fingerprint density at radius 2 is 2.11 bits per heavy atom. The van der Waals surface area contributed by atoms with E-state index >= 15 is 0 Å². The van der Waals surface area contributed by atoms with Crippen molar-refractivity contribution in [2.75, 3.05) is 6.61 Å². The van der Waals surface area contributed by atoms with Crippen LogP contribution in [0.25, 0.3) is 0 Å². The zero-order chi connectivity index (χ0) is 5.40. The first-order valence-corrected chi connectivity index (χ1v) is 3.45. The Labute approximate surface area is 68.9 Å². The Hall–Kier alpha value is 0.583. The van der Waals surface area contributed by atoms with Gasteiger partial charge in [0.15, 0.2) is 0 Å². The molecule has 2 rings (SSSR count). The van der Waals surface area contributed by atoms with Crippen molar-refractivity contribution in [3.8, 4) is 0 Å². The number of hydrogen-bond acceptors (Lipinski definition) is 1. The second-order valence-electron chi connectivity index (χ2n) is 2.69. The molecular formula is C7H11OZn-.